The lowest BCUT2D eigenvalue weighted by molar-refractivity contribution is -0.131. The van der Waals surface area contributed by atoms with Crippen molar-refractivity contribution in [3.63, 3.8) is 0 Å². The third kappa shape index (κ3) is 4.63. The van der Waals surface area contributed by atoms with Crippen LogP contribution in [0, 0.1) is 0 Å². The minimum absolute atomic E-state index is 0.0340. The minimum atomic E-state index is -1.10. The number of thioether (sulfide) groups is 1. The van der Waals surface area contributed by atoms with Gasteiger partial charge in [0.2, 0.25) is 5.16 Å². The summed E-state index contributed by atoms with van der Waals surface area (Å²) in [6, 6.07) is 12.1. The van der Waals surface area contributed by atoms with Crippen LogP contribution in [0.5, 0.6) is 5.75 Å². The summed E-state index contributed by atoms with van der Waals surface area (Å²) >= 11 is 13.0. The molecule has 9 heteroatoms. The van der Waals surface area contributed by atoms with E-state index < -0.39 is 5.97 Å². The summed E-state index contributed by atoms with van der Waals surface area (Å²) in [6.45, 7) is 0. The van der Waals surface area contributed by atoms with E-state index in [1.54, 1.807) is 42.5 Å². The van der Waals surface area contributed by atoms with Crippen LogP contribution >= 0.6 is 35.0 Å². The molecule has 3 aromatic rings. The molecule has 138 valence electrons. The van der Waals surface area contributed by atoms with E-state index in [0.717, 1.165) is 11.8 Å². The molecule has 0 radical (unpaired) electrons. The average molecular weight is 422 g/mol. The zero-order valence-electron chi connectivity index (χ0n) is 13.9. The Kier molecular flexibility index (Phi) is 6.05. The van der Waals surface area contributed by atoms with Crippen LogP contribution in [0.1, 0.15) is 5.56 Å². The Morgan fingerprint density at radius 3 is 2.74 bits per heavy atom. The molecule has 0 saturated carbocycles. The molecule has 0 unspecified atom stereocenters. The molecule has 1 aromatic heterocycles. The monoisotopic (exact) mass is 421 g/mol. The van der Waals surface area contributed by atoms with Crippen LogP contribution in [0.25, 0.3) is 17.5 Å². The van der Waals surface area contributed by atoms with Crippen molar-refractivity contribution in [1.82, 2.24) is 15.2 Å². The van der Waals surface area contributed by atoms with Crippen molar-refractivity contribution in [1.29, 1.82) is 0 Å². The highest BCUT2D eigenvalue weighted by atomic mass is 35.5. The summed E-state index contributed by atoms with van der Waals surface area (Å²) in [5.41, 5.74) is 1.22. The summed E-state index contributed by atoms with van der Waals surface area (Å²) in [6.07, 6.45) is 1.48. The third-order valence-corrected chi connectivity index (χ3v) is 4.94. The van der Waals surface area contributed by atoms with Crippen LogP contribution in [0.2, 0.25) is 10.0 Å². The molecule has 0 aliphatic carbocycles. The number of hydrogen-bond acceptors (Lipinski definition) is 5. The van der Waals surface area contributed by atoms with Gasteiger partial charge in [-0.2, -0.15) is 0 Å². The largest absolute Gasteiger partial charge is 0.496 e. The molecule has 0 saturated heterocycles. The van der Waals surface area contributed by atoms with Crippen LogP contribution in [-0.2, 0) is 4.79 Å². The van der Waals surface area contributed by atoms with Crippen LogP contribution in [0.4, 0.5) is 0 Å². The van der Waals surface area contributed by atoms with E-state index in [2.05, 4.69) is 15.2 Å². The number of H-pyrrole nitrogens is 1. The van der Waals surface area contributed by atoms with Gasteiger partial charge < -0.3 is 9.84 Å². The van der Waals surface area contributed by atoms with Gasteiger partial charge in [-0.3, -0.25) is 5.10 Å². The van der Waals surface area contributed by atoms with Crippen LogP contribution in [-0.4, -0.2) is 33.4 Å². The van der Waals surface area contributed by atoms with E-state index in [1.165, 1.54) is 13.2 Å². The highest BCUT2D eigenvalue weighted by Crippen LogP contribution is 2.33. The molecule has 0 aliphatic rings. The Bertz CT molecular complexity index is 1020. The zero-order chi connectivity index (χ0) is 19.4. The summed E-state index contributed by atoms with van der Waals surface area (Å²) in [5, 5.41) is 17.6. The minimum Gasteiger partial charge on any atom is -0.496 e. The van der Waals surface area contributed by atoms with Gasteiger partial charge in [0.15, 0.2) is 5.82 Å². The predicted molar refractivity (Wildman–Crippen MR) is 106 cm³/mol. The first-order valence-corrected chi connectivity index (χ1v) is 9.19. The molecule has 1 heterocycles. The van der Waals surface area contributed by atoms with Gasteiger partial charge in [-0.1, -0.05) is 41.4 Å². The fourth-order valence-electron chi connectivity index (χ4n) is 2.24. The number of aromatic amines is 1. The molecule has 27 heavy (non-hydrogen) atoms. The predicted octanol–water partition coefficient (Wildman–Crippen LogP) is 5.00. The molecule has 2 aromatic carbocycles. The van der Waals surface area contributed by atoms with E-state index >= 15 is 0 Å². The zero-order valence-corrected chi connectivity index (χ0v) is 16.3. The van der Waals surface area contributed by atoms with E-state index in [-0.39, 0.29) is 10.1 Å². The van der Waals surface area contributed by atoms with Gasteiger partial charge in [-0.15, -0.1) is 5.10 Å². The molecule has 6 nitrogen and oxygen atoms in total. The summed E-state index contributed by atoms with van der Waals surface area (Å²) in [5.74, 6) is -0.122. The topological polar surface area (TPSA) is 88.1 Å². The van der Waals surface area contributed by atoms with Crippen molar-refractivity contribution in [2.75, 3.05) is 7.11 Å². The molecule has 0 atom stereocenters. The molecular formula is C18H13Cl2N3O3S. The van der Waals surface area contributed by atoms with Crippen molar-refractivity contribution < 1.29 is 14.6 Å². The summed E-state index contributed by atoms with van der Waals surface area (Å²) < 4.78 is 5.30. The van der Waals surface area contributed by atoms with E-state index in [0.29, 0.717) is 32.7 Å². The molecule has 3 rings (SSSR count). The average Bonchev–Trinajstić information content (AvgIpc) is 3.11. The van der Waals surface area contributed by atoms with E-state index in [9.17, 15) is 9.90 Å². The highest BCUT2D eigenvalue weighted by molar-refractivity contribution is 8.04. The highest BCUT2D eigenvalue weighted by Gasteiger charge is 2.16. The van der Waals surface area contributed by atoms with Gasteiger partial charge in [-0.25, -0.2) is 9.78 Å². The first-order valence-electron chi connectivity index (χ1n) is 7.61. The molecular weight excluding hydrogens is 409 g/mol. The Balaban J connectivity index is 1.91. The SMILES string of the molecule is COc1ccc(Cl)cc1-c1nc(S/C(=C\c2ccccc2Cl)C(=O)O)n[nH]1. The smallest absolute Gasteiger partial charge is 0.342 e. The summed E-state index contributed by atoms with van der Waals surface area (Å²) in [4.78, 5) is 16.0. The van der Waals surface area contributed by atoms with Crippen molar-refractivity contribution >= 4 is 47.0 Å². The molecule has 0 bridgehead atoms. The van der Waals surface area contributed by atoms with Crippen molar-refractivity contribution in [3.05, 3.63) is 63.0 Å². The Morgan fingerprint density at radius 2 is 2.04 bits per heavy atom. The fraction of sp³-hybridized carbons (Fsp3) is 0.0556. The lowest BCUT2D eigenvalue weighted by atomic mass is 10.2. The van der Waals surface area contributed by atoms with Gasteiger partial charge in [0, 0.05) is 10.0 Å². The second kappa shape index (κ2) is 8.47. The van der Waals surface area contributed by atoms with E-state index in [4.69, 9.17) is 27.9 Å². The van der Waals surface area contributed by atoms with Gasteiger partial charge in [0.1, 0.15) is 10.7 Å². The number of ether oxygens (including phenoxy) is 1. The number of methoxy groups -OCH3 is 1. The number of nitrogens with zero attached hydrogens (tertiary/aromatic N) is 2. The first kappa shape index (κ1) is 19.3. The third-order valence-electron chi connectivity index (χ3n) is 3.49. The van der Waals surface area contributed by atoms with Crippen molar-refractivity contribution in [3.8, 4) is 17.1 Å². The van der Waals surface area contributed by atoms with Gasteiger partial charge in [-0.05, 0) is 47.7 Å². The lowest BCUT2D eigenvalue weighted by Gasteiger charge is -2.05. The van der Waals surface area contributed by atoms with Crippen LogP contribution < -0.4 is 4.74 Å². The number of aromatic nitrogens is 3. The lowest BCUT2D eigenvalue weighted by Crippen LogP contribution is -1.97. The number of carbonyl (C=O) groups is 1. The Labute approximate surface area is 169 Å². The van der Waals surface area contributed by atoms with E-state index in [1.807, 2.05) is 0 Å². The Morgan fingerprint density at radius 1 is 1.26 bits per heavy atom. The van der Waals surface area contributed by atoms with Crippen molar-refractivity contribution in [2.45, 2.75) is 5.16 Å². The normalized spacial score (nSPS) is 11.4. The number of rotatable bonds is 6. The summed E-state index contributed by atoms with van der Waals surface area (Å²) in [7, 11) is 1.54. The molecule has 0 aliphatic heterocycles. The van der Waals surface area contributed by atoms with Gasteiger partial charge in [0.25, 0.3) is 0 Å². The van der Waals surface area contributed by atoms with Crippen molar-refractivity contribution in [2.24, 2.45) is 0 Å². The number of carboxylic acid groups (broad SMARTS) is 1. The standard InChI is InChI=1S/C18H13Cl2N3O3S/c1-26-14-7-6-11(19)9-12(14)16-21-18(23-22-16)27-15(17(24)25)8-10-4-2-3-5-13(10)20/h2-9H,1H3,(H,24,25)(H,21,22,23)/b15-8-. The Hall–Kier alpha value is -2.48. The molecule has 0 amide bonds. The molecule has 0 spiro atoms. The number of hydrogen-bond donors (Lipinski definition) is 2. The fourth-order valence-corrected chi connectivity index (χ4v) is 3.30. The number of carboxylic acids is 1. The molecule has 0 fully saturated rings. The maximum absolute atomic E-state index is 11.6. The number of nitrogens with one attached hydrogen (secondary N) is 1. The van der Waals surface area contributed by atoms with Crippen LogP contribution in [0.15, 0.2) is 52.5 Å². The second-order valence-electron chi connectivity index (χ2n) is 5.25. The molecule has 2 N–H and O–H groups in total. The quantitative estimate of drug-likeness (QED) is 0.429. The number of halogens is 2. The second-order valence-corrected chi connectivity index (χ2v) is 7.10. The maximum atomic E-state index is 11.6. The number of benzene rings is 2. The van der Waals surface area contributed by atoms with Gasteiger partial charge >= 0.3 is 5.97 Å². The number of aliphatic carboxylic acids is 1. The van der Waals surface area contributed by atoms with Gasteiger partial charge in [0.05, 0.1) is 12.7 Å². The first-order chi connectivity index (χ1) is 13.0. The van der Waals surface area contributed by atoms with Crippen LogP contribution in [0.3, 0.4) is 0 Å². The maximum Gasteiger partial charge on any atom is 0.342 e.